The highest BCUT2D eigenvalue weighted by molar-refractivity contribution is 9.10. The molecule has 27 heavy (non-hydrogen) atoms. The molecule has 144 valence electrons. The molecule has 0 aliphatic carbocycles. The minimum absolute atomic E-state index is 0.157. The molecule has 0 heterocycles. The summed E-state index contributed by atoms with van der Waals surface area (Å²) in [5, 5.41) is 2.77. The van der Waals surface area contributed by atoms with Crippen molar-refractivity contribution in [3.05, 3.63) is 63.4 Å². The van der Waals surface area contributed by atoms with Crippen molar-refractivity contribution in [2.45, 2.75) is 25.2 Å². The number of halogens is 2. The summed E-state index contributed by atoms with van der Waals surface area (Å²) in [7, 11) is 0. The third-order valence-electron chi connectivity index (χ3n) is 4.16. The van der Waals surface area contributed by atoms with Gasteiger partial charge in [0.15, 0.2) is 0 Å². The maximum atomic E-state index is 13.0. The molecule has 1 unspecified atom stereocenters. The van der Waals surface area contributed by atoms with Gasteiger partial charge in [-0.05, 0) is 61.2 Å². The van der Waals surface area contributed by atoms with E-state index in [9.17, 15) is 14.0 Å². The van der Waals surface area contributed by atoms with E-state index < -0.39 is 11.8 Å². The number of carbonyl (C=O) groups excluding carboxylic acids is 2. The first-order valence-electron chi connectivity index (χ1n) is 8.46. The Morgan fingerprint density at radius 3 is 2.48 bits per heavy atom. The molecule has 0 aliphatic heterocycles. The Hall–Kier alpha value is -1.86. The summed E-state index contributed by atoms with van der Waals surface area (Å²) >= 11 is 4.95. The van der Waals surface area contributed by atoms with Crippen molar-refractivity contribution in [3.63, 3.8) is 0 Å². The van der Waals surface area contributed by atoms with Crippen molar-refractivity contribution >= 4 is 39.5 Å². The average Bonchev–Trinajstić information content (AvgIpc) is 2.61. The normalized spacial score (nSPS) is 11.9. The third-order valence-corrected chi connectivity index (χ3v) is 6.17. The van der Waals surface area contributed by atoms with Crippen LogP contribution >= 0.6 is 27.7 Å². The van der Waals surface area contributed by atoms with Crippen LogP contribution in [0.15, 0.2) is 45.8 Å². The van der Waals surface area contributed by atoms with Crippen LogP contribution in [0.4, 0.5) is 4.39 Å². The molecule has 2 aromatic carbocycles. The summed E-state index contributed by atoms with van der Waals surface area (Å²) in [5.41, 5.74) is 8.44. The monoisotopic (exact) mass is 452 g/mol. The Morgan fingerprint density at radius 1 is 1.19 bits per heavy atom. The summed E-state index contributed by atoms with van der Waals surface area (Å²) in [6.07, 6.45) is 0.355. The Kier molecular flexibility index (Phi) is 7.86. The smallest absolute Gasteiger partial charge is 0.230 e. The first kappa shape index (κ1) is 21.4. The number of aryl methyl sites for hydroxylation is 2. The number of thioether (sulfide) groups is 1. The van der Waals surface area contributed by atoms with Gasteiger partial charge in [0.2, 0.25) is 11.8 Å². The van der Waals surface area contributed by atoms with Crippen molar-refractivity contribution in [1.29, 1.82) is 0 Å². The number of benzene rings is 2. The number of amides is 2. The summed E-state index contributed by atoms with van der Waals surface area (Å²) in [6, 6.07) is 9.97. The van der Waals surface area contributed by atoms with Gasteiger partial charge in [-0.15, -0.1) is 11.8 Å². The summed E-state index contributed by atoms with van der Waals surface area (Å²) < 4.78 is 14.0. The van der Waals surface area contributed by atoms with Crippen molar-refractivity contribution in [2.24, 2.45) is 11.7 Å². The molecule has 2 amide bonds. The molecule has 7 heteroatoms. The second kappa shape index (κ2) is 9.90. The van der Waals surface area contributed by atoms with Gasteiger partial charge < -0.3 is 11.1 Å². The number of nitrogens with one attached hydrogen (secondary N) is 1. The molecule has 4 nitrogen and oxygen atoms in total. The van der Waals surface area contributed by atoms with E-state index in [1.807, 2.05) is 26.0 Å². The van der Waals surface area contributed by atoms with Gasteiger partial charge in [0.05, 0.1) is 11.7 Å². The van der Waals surface area contributed by atoms with Crippen molar-refractivity contribution in [3.8, 4) is 0 Å². The quantitative estimate of drug-likeness (QED) is 0.598. The van der Waals surface area contributed by atoms with Gasteiger partial charge in [-0.1, -0.05) is 28.1 Å². The van der Waals surface area contributed by atoms with E-state index in [-0.39, 0.29) is 24.0 Å². The summed E-state index contributed by atoms with van der Waals surface area (Å²) in [6.45, 7) is 4.15. The fourth-order valence-electron chi connectivity index (χ4n) is 2.52. The van der Waals surface area contributed by atoms with Gasteiger partial charge in [0.25, 0.3) is 0 Å². The largest absolute Gasteiger partial charge is 0.369 e. The molecule has 1 atom stereocenters. The van der Waals surface area contributed by atoms with Crippen LogP contribution in [-0.2, 0) is 16.0 Å². The number of nitrogens with two attached hydrogens (primary N) is 1. The maximum Gasteiger partial charge on any atom is 0.230 e. The number of rotatable bonds is 8. The molecule has 0 aliphatic rings. The molecule has 0 saturated heterocycles. The minimum atomic E-state index is -0.541. The molecule has 0 spiro atoms. The molecule has 0 aromatic heterocycles. The predicted octanol–water partition coefficient (Wildman–Crippen LogP) is 3.76. The second-order valence-electron chi connectivity index (χ2n) is 6.39. The van der Waals surface area contributed by atoms with Crippen molar-refractivity contribution in [1.82, 2.24) is 5.32 Å². The zero-order chi connectivity index (χ0) is 20.0. The van der Waals surface area contributed by atoms with Crippen LogP contribution in [0.25, 0.3) is 0 Å². The highest BCUT2D eigenvalue weighted by Crippen LogP contribution is 2.28. The lowest BCUT2D eigenvalue weighted by Crippen LogP contribution is -2.37. The Balaban J connectivity index is 1.87. The molecule has 0 saturated carbocycles. The van der Waals surface area contributed by atoms with Crippen LogP contribution in [-0.4, -0.2) is 24.1 Å². The number of hydrogen-bond donors (Lipinski definition) is 2. The number of hydrogen-bond acceptors (Lipinski definition) is 3. The zero-order valence-electron chi connectivity index (χ0n) is 15.2. The van der Waals surface area contributed by atoms with Crippen LogP contribution < -0.4 is 11.1 Å². The Labute approximate surface area is 171 Å². The number of primary amides is 1. The van der Waals surface area contributed by atoms with E-state index in [0.29, 0.717) is 6.42 Å². The summed E-state index contributed by atoms with van der Waals surface area (Å²) in [5.74, 6) is -1.28. The maximum absolute atomic E-state index is 13.0. The first-order valence-corrected chi connectivity index (χ1v) is 10.2. The van der Waals surface area contributed by atoms with E-state index in [1.54, 1.807) is 12.1 Å². The van der Waals surface area contributed by atoms with Crippen LogP contribution in [0.3, 0.4) is 0 Å². The third kappa shape index (κ3) is 6.66. The highest BCUT2D eigenvalue weighted by Gasteiger charge is 2.17. The van der Waals surface area contributed by atoms with Gasteiger partial charge >= 0.3 is 0 Å². The molecule has 0 fully saturated rings. The fraction of sp³-hybridized carbons (Fsp3) is 0.300. The van der Waals surface area contributed by atoms with E-state index in [1.165, 1.54) is 23.9 Å². The predicted molar refractivity (Wildman–Crippen MR) is 110 cm³/mol. The average molecular weight is 453 g/mol. The highest BCUT2D eigenvalue weighted by atomic mass is 79.9. The molecule has 3 N–H and O–H groups in total. The van der Waals surface area contributed by atoms with Gasteiger partial charge in [0, 0.05) is 15.9 Å². The SMILES string of the molecule is Cc1cc(SCC(=O)NCC(Cc2ccc(F)cc2)C(N)=O)c(C)cc1Br. The van der Waals surface area contributed by atoms with Crippen molar-refractivity contribution < 1.29 is 14.0 Å². The molecule has 2 aromatic rings. The van der Waals surface area contributed by atoms with Gasteiger partial charge in [-0.3, -0.25) is 9.59 Å². The lowest BCUT2D eigenvalue weighted by Gasteiger charge is -2.15. The van der Waals surface area contributed by atoms with E-state index >= 15 is 0 Å². The van der Waals surface area contributed by atoms with Crippen LogP contribution in [0, 0.1) is 25.6 Å². The standard InChI is InChI=1S/C20H22BrFN2O2S/c1-12-8-18(13(2)7-17(12)21)27-11-19(25)24-10-15(20(23)26)9-14-3-5-16(22)6-4-14/h3-8,15H,9-11H2,1-2H3,(H2,23,26)(H,24,25). The summed E-state index contributed by atoms with van der Waals surface area (Å²) in [4.78, 5) is 24.9. The molecular formula is C20H22BrFN2O2S. The van der Waals surface area contributed by atoms with Gasteiger partial charge in [-0.25, -0.2) is 4.39 Å². The molecular weight excluding hydrogens is 431 g/mol. The Morgan fingerprint density at radius 2 is 1.85 bits per heavy atom. The van der Waals surface area contributed by atoms with Gasteiger partial charge in [0.1, 0.15) is 5.82 Å². The molecule has 0 radical (unpaired) electrons. The fourth-order valence-corrected chi connectivity index (χ4v) is 3.91. The van der Waals surface area contributed by atoms with E-state index in [4.69, 9.17) is 5.73 Å². The zero-order valence-corrected chi connectivity index (χ0v) is 17.6. The second-order valence-corrected chi connectivity index (χ2v) is 8.26. The topological polar surface area (TPSA) is 72.2 Å². The number of carbonyl (C=O) groups is 2. The van der Waals surface area contributed by atoms with Crippen LogP contribution in [0.5, 0.6) is 0 Å². The molecule has 2 rings (SSSR count). The van der Waals surface area contributed by atoms with E-state index in [2.05, 4.69) is 21.2 Å². The minimum Gasteiger partial charge on any atom is -0.369 e. The van der Waals surface area contributed by atoms with Crippen molar-refractivity contribution in [2.75, 3.05) is 12.3 Å². The lowest BCUT2D eigenvalue weighted by atomic mass is 9.98. The first-order chi connectivity index (χ1) is 12.8. The Bertz CT molecular complexity index is 827. The van der Waals surface area contributed by atoms with Crippen LogP contribution in [0.1, 0.15) is 16.7 Å². The molecule has 0 bridgehead atoms. The van der Waals surface area contributed by atoms with Crippen LogP contribution in [0.2, 0.25) is 0 Å². The van der Waals surface area contributed by atoms with Gasteiger partial charge in [-0.2, -0.15) is 0 Å². The lowest BCUT2D eigenvalue weighted by molar-refractivity contribution is -0.122. The van der Waals surface area contributed by atoms with E-state index in [0.717, 1.165) is 26.1 Å².